The fourth-order valence-corrected chi connectivity index (χ4v) is 7.15. The van der Waals surface area contributed by atoms with E-state index in [1.54, 1.807) is 0 Å². The average molecular weight is 583 g/mol. The number of hydrogen-bond donors (Lipinski definition) is 1. The Morgan fingerprint density at radius 1 is 0.545 bits per heavy atom. The zero-order valence-corrected chi connectivity index (χ0v) is 25.0. The van der Waals surface area contributed by atoms with E-state index in [4.69, 9.17) is 0 Å². The summed E-state index contributed by atoms with van der Waals surface area (Å²) in [5.41, 5.74) is 11.9. The van der Waals surface area contributed by atoms with Crippen molar-refractivity contribution in [1.82, 2.24) is 4.98 Å². The first-order valence-electron chi connectivity index (χ1n) is 15.0. The maximum Gasteiger partial charge on any atom is 0.0605 e. The van der Waals surface area contributed by atoms with Crippen LogP contribution in [0.5, 0.6) is 0 Å². The van der Waals surface area contributed by atoms with Crippen molar-refractivity contribution in [2.75, 3.05) is 4.90 Å². The molecule has 1 N–H and O–H groups in total. The minimum Gasteiger partial charge on any atom is -0.354 e. The summed E-state index contributed by atoms with van der Waals surface area (Å²) in [7, 11) is 0. The van der Waals surface area contributed by atoms with Crippen LogP contribution in [0.4, 0.5) is 17.1 Å². The number of nitrogens with one attached hydrogen (secondary N) is 1. The van der Waals surface area contributed by atoms with Gasteiger partial charge in [-0.1, -0.05) is 115 Å². The van der Waals surface area contributed by atoms with Gasteiger partial charge in [0.1, 0.15) is 0 Å². The first kappa shape index (κ1) is 26.3. The second kappa shape index (κ2) is 11.4. The van der Waals surface area contributed by atoms with E-state index in [9.17, 15) is 0 Å². The van der Waals surface area contributed by atoms with Crippen molar-refractivity contribution in [2.45, 2.75) is 6.42 Å². The Balaban J connectivity index is 1.16. The molecule has 1 aliphatic rings. The van der Waals surface area contributed by atoms with E-state index in [1.165, 1.54) is 53.8 Å². The lowest BCUT2D eigenvalue weighted by Gasteiger charge is -2.26. The van der Waals surface area contributed by atoms with Crippen LogP contribution >= 0.6 is 11.3 Å². The summed E-state index contributed by atoms with van der Waals surface area (Å²) in [5, 5.41) is 1.29. The molecule has 5 aromatic carbocycles. The van der Waals surface area contributed by atoms with Crippen LogP contribution in [-0.4, -0.2) is 4.98 Å². The van der Waals surface area contributed by atoms with Gasteiger partial charge in [-0.25, -0.2) is 0 Å². The molecule has 0 unspecified atom stereocenters. The molecule has 210 valence electrons. The highest BCUT2D eigenvalue weighted by atomic mass is 32.1. The van der Waals surface area contributed by atoms with Crippen molar-refractivity contribution in [2.24, 2.45) is 0 Å². The Morgan fingerprint density at radius 3 is 1.89 bits per heavy atom. The fraction of sp³-hybridized carbons (Fsp3) is 0.0244. The maximum atomic E-state index is 3.58. The lowest BCUT2D eigenvalue weighted by molar-refractivity contribution is 1.28. The number of hydrogen-bond acceptors (Lipinski definition) is 2. The maximum absolute atomic E-state index is 3.58. The molecule has 0 saturated carbocycles. The molecule has 0 spiro atoms. The Bertz CT molecular complexity index is 2160. The van der Waals surface area contributed by atoms with Crippen molar-refractivity contribution in [3.63, 3.8) is 0 Å². The molecule has 44 heavy (non-hydrogen) atoms. The predicted octanol–water partition coefficient (Wildman–Crippen LogP) is 12.1. The molecule has 0 radical (unpaired) electrons. The molecule has 1 aliphatic carbocycles. The lowest BCUT2D eigenvalue weighted by atomic mass is 10.0. The van der Waals surface area contributed by atoms with E-state index in [0.29, 0.717) is 0 Å². The third-order valence-corrected chi connectivity index (χ3v) is 9.47. The van der Waals surface area contributed by atoms with Crippen LogP contribution in [0.2, 0.25) is 0 Å². The number of anilines is 3. The van der Waals surface area contributed by atoms with Gasteiger partial charge in [0.25, 0.3) is 0 Å². The van der Waals surface area contributed by atoms with Crippen LogP contribution < -0.4 is 4.90 Å². The fourth-order valence-electron chi connectivity index (χ4n) is 5.99. The smallest absolute Gasteiger partial charge is 0.0605 e. The molecule has 2 heterocycles. The molecule has 2 nitrogen and oxygen atoms in total. The Morgan fingerprint density at radius 2 is 1.16 bits per heavy atom. The number of aromatic nitrogens is 1. The molecule has 0 saturated heterocycles. The predicted molar refractivity (Wildman–Crippen MR) is 190 cm³/mol. The SMILES string of the molecule is C1=CCC=CC(c2ccc(N(c3ccc(-c4ccccc4)cc3)c3ccc(-c4cc5[nH]c6ccccc6c5s4)cc3)cc2)=C1. The molecule has 0 aliphatic heterocycles. The summed E-state index contributed by atoms with van der Waals surface area (Å²) in [5.74, 6) is 0. The van der Waals surface area contributed by atoms with Crippen LogP contribution in [0.1, 0.15) is 12.0 Å². The van der Waals surface area contributed by atoms with Gasteiger partial charge in [-0.05, 0) is 82.8 Å². The highest BCUT2D eigenvalue weighted by molar-refractivity contribution is 7.23. The van der Waals surface area contributed by atoms with Gasteiger partial charge in [0.05, 0.1) is 10.2 Å². The number of fused-ring (bicyclic) bond motifs is 3. The molecule has 0 bridgehead atoms. The van der Waals surface area contributed by atoms with Gasteiger partial charge >= 0.3 is 0 Å². The Kier molecular flexibility index (Phi) is 6.78. The van der Waals surface area contributed by atoms with Crippen molar-refractivity contribution in [3.8, 4) is 21.6 Å². The summed E-state index contributed by atoms with van der Waals surface area (Å²) < 4.78 is 1.31. The third-order valence-electron chi connectivity index (χ3n) is 8.26. The number of thiophene rings is 1. The standard InChI is InChI=1S/C41H30N2S/c1-2-5-11-29(10-4-1)31-16-22-34(23-17-31)43(35-24-18-32(19-25-35)30-12-6-3-7-13-30)36-26-20-33(21-27-36)40-28-39-41(44-40)37-14-8-9-15-38(37)42-39/h1,3-28,42H,2H2. The van der Waals surface area contributed by atoms with Gasteiger partial charge in [0, 0.05) is 32.8 Å². The normalized spacial score (nSPS) is 12.9. The summed E-state index contributed by atoms with van der Waals surface area (Å²) >= 11 is 1.85. The quantitative estimate of drug-likeness (QED) is 0.207. The van der Waals surface area contributed by atoms with Crippen molar-refractivity contribution in [1.29, 1.82) is 0 Å². The van der Waals surface area contributed by atoms with Crippen LogP contribution in [0, 0.1) is 0 Å². The number of para-hydroxylation sites is 1. The highest BCUT2D eigenvalue weighted by Gasteiger charge is 2.15. The Labute approximate surface area is 261 Å². The van der Waals surface area contributed by atoms with E-state index < -0.39 is 0 Å². The number of nitrogens with zero attached hydrogens (tertiary/aromatic N) is 1. The zero-order valence-electron chi connectivity index (χ0n) is 24.2. The van der Waals surface area contributed by atoms with E-state index in [0.717, 1.165) is 23.5 Å². The third kappa shape index (κ3) is 4.98. The minimum atomic E-state index is 0.971. The summed E-state index contributed by atoms with van der Waals surface area (Å²) in [6, 6.07) is 48.1. The topological polar surface area (TPSA) is 19.0 Å². The number of allylic oxidation sites excluding steroid dienone is 6. The second-order valence-corrected chi connectivity index (χ2v) is 12.1. The van der Waals surface area contributed by atoms with Crippen LogP contribution in [0.25, 0.3) is 48.3 Å². The summed E-state index contributed by atoms with van der Waals surface area (Å²) in [4.78, 5) is 7.19. The molecule has 2 aromatic heterocycles. The van der Waals surface area contributed by atoms with Gasteiger partial charge in [-0.3, -0.25) is 0 Å². The van der Waals surface area contributed by atoms with Gasteiger partial charge in [-0.2, -0.15) is 0 Å². The number of benzene rings is 5. The number of H-pyrrole nitrogens is 1. The second-order valence-electron chi connectivity index (χ2n) is 11.1. The van der Waals surface area contributed by atoms with E-state index in [-0.39, 0.29) is 0 Å². The van der Waals surface area contributed by atoms with Crippen LogP contribution in [-0.2, 0) is 0 Å². The van der Waals surface area contributed by atoms with Crippen molar-refractivity contribution < 1.29 is 0 Å². The molecule has 0 fully saturated rings. The Hall–Kier alpha value is -5.38. The molecule has 8 rings (SSSR count). The van der Waals surface area contributed by atoms with Gasteiger partial charge in [-0.15, -0.1) is 11.3 Å². The van der Waals surface area contributed by atoms with Crippen LogP contribution in [0.15, 0.2) is 164 Å². The van der Waals surface area contributed by atoms with Crippen molar-refractivity contribution >= 4 is 55.1 Å². The average Bonchev–Trinajstić information content (AvgIpc) is 3.53. The largest absolute Gasteiger partial charge is 0.354 e. The van der Waals surface area contributed by atoms with Crippen molar-refractivity contribution in [3.05, 3.63) is 169 Å². The van der Waals surface area contributed by atoms with Gasteiger partial charge < -0.3 is 9.88 Å². The van der Waals surface area contributed by atoms with Crippen LogP contribution in [0.3, 0.4) is 0 Å². The molecule has 7 aromatic rings. The number of aromatic amines is 1. The minimum absolute atomic E-state index is 0.971. The monoisotopic (exact) mass is 582 g/mol. The first-order valence-corrected chi connectivity index (χ1v) is 15.8. The first-order chi connectivity index (χ1) is 21.8. The summed E-state index contributed by atoms with van der Waals surface area (Å²) in [6.07, 6.45) is 11.9. The lowest BCUT2D eigenvalue weighted by Crippen LogP contribution is -2.09. The van der Waals surface area contributed by atoms with E-state index in [1.807, 2.05) is 11.3 Å². The molecular weight excluding hydrogens is 553 g/mol. The number of rotatable bonds is 6. The molecular formula is C41H30N2S. The van der Waals surface area contributed by atoms with Gasteiger partial charge in [0.15, 0.2) is 0 Å². The van der Waals surface area contributed by atoms with E-state index in [2.05, 4.69) is 174 Å². The molecule has 3 heteroatoms. The highest BCUT2D eigenvalue weighted by Crippen LogP contribution is 2.40. The molecule has 0 atom stereocenters. The van der Waals surface area contributed by atoms with E-state index >= 15 is 0 Å². The summed E-state index contributed by atoms with van der Waals surface area (Å²) in [6.45, 7) is 0. The zero-order chi connectivity index (χ0) is 29.3. The molecule has 0 amide bonds. The van der Waals surface area contributed by atoms with Gasteiger partial charge in [0.2, 0.25) is 0 Å².